The van der Waals surface area contributed by atoms with Gasteiger partial charge in [0.25, 0.3) is 5.91 Å². The monoisotopic (exact) mass is 331 g/mol. The summed E-state index contributed by atoms with van der Waals surface area (Å²) in [6.07, 6.45) is 3.08. The number of rotatable bonds is 3. The predicted molar refractivity (Wildman–Crippen MR) is 90.2 cm³/mol. The Morgan fingerprint density at radius 3 is 2.39 bits per heavy atom. The van der Waals surface area contributed by atoms with Gasteiger partial charge in [0.15, 0.2) is 0 Å². The largest absolute Gasteiger partial charge is 0.339 e. The van der Waals surface area contributed by atoms with E-state index in [0.29, 0.717) is 16.5 Å². The first-order valence-corrected chi connectivity index (χ1v) is 7.82. The first-order valence-electron chi connectivity index (χ1n) is 7.44. The molecule has 0 saturated carbocycles. The van der Waals surface area contributed by atoms with Crippen LogP contribution in [0.5, 0.6) is 0 Å². The van der Waals surface area contributed by atoms with E-state index >= 15 is 0 Å². The van der Waals surface area contributed by atoms with Crippen LogP contribution in [0.4, 0.5) is 11.5 Å². The molecule has 0 aliphatic carbocycles. The number of anilines is 2. The summed E-state index contributed by atoms with van der Waals surface area (Å²) in [7, 11) is 2.05. The van der Waals surface area contributed by atoms with Gasteiger partial charge in [-0.2, -0.15) is 0 Å². The van der Waals surface area contributed by atoms with E-state index in [9.17, 15) is 4.79 Å². The van der Waals surface area contributed by atoms with Crippen molar-refractivity contribution in [2.24, 2.45) is 0 Å². The minimum absolute atomic E-state index is 0.0661. The Morgan fingerprint density at radius 2 is 1.78 bits per heavy atom. The topological polar surface area (TPSA) is 61.4 Å². The molecule has 0 radical (unpaired) electrons. The van der Waals surface area contributed by atoms with Crippen molar-refractivity contribution in [2.75, 3.05) is 38.5 Å². The van der Waals surface area contributed by atoms with E-state index in [4.69, 9.17) is 11.6 Å². The van der Waals surface area contributed by atoms with Crippen molar-refractivity contribution >= 4 is 29.0 Å². The summed E-state index contributed by atoms with van der Waals surface area (Å²) in [5.74, 6) is 0.519. The molecule has 0 bridgehead atoms. The van der Waals surface area contributed by atoms with Crippen molar-refractivity contribution in [1.29, 1.82) is 0 Å². The van der Waals surface area contributed by atoms with Gasteiger partial charge >= 0.3 is 0 Å². The van der Waals surface area contributed by atoms with Gasteiger partial charge in [-0.3, -0.25) is 4.79 Å². The number of nitrogens with zero attached hydrogens (tertiary/aromatic N) is 4. The van der Waals surface area contributed by atoms with Gasteiger partial charge in [-0.25, -0.2) is 9.97 Å². The molecule has 1 N–H and O–H groups in total. The Hall–Kier alpha value is -2.18. The molecule has 0 spiro atoms. The Morgan fingerprint density at radius 1 is 1.09 bits per heavy atom. The Labute approximate surface area is 140 Å². The van der Waals surface area contributed by atoms with E-state index in [0.717, 1.165) is 31.9 Å². The zero-order valence-electron chi connectivity index (χ0n) is 12.9. The lowest BCUT2D eigenvalue weighted by Crippen LogP contribution is -2.47. The van der Waals surface area contributed by atoms with Crippen molar-refractivity contribution in [3.63, 3.8) is 0 Å². The zero-order valence-corrected chi connectivity index (χ0v) is 13.6. The van der Waals surface area contributed by atoms with E-state index in [1.54, 1.807) is 18.3 Å². The lowest BCUT2D eigenvalue weighted by Gasteiger charge is -2.32. The molecular weight excluding hydrogens is 314 g/mol. The molecule has 1 aromatic heterocycles. The van der Waals surface area contributed by atoms with Crippen LogP contribution >= 0.6 is 11.6 Å². The number of carbonyl (C=O) groups is 1. The van der Waals surface area contributed by atoms with Gasteiger partial charge in [0.05, 0.1) is 12.4 Å². The van der Waals surface area contributed by atoms with Crippen LogP contribution in [0.15, 0.2) is 36.7 Å². The number of likely N-dealkylation sites (N-methyl/N-ethyl adjacent to an activating group) is 1. The van der Waals surface area contributed by atoms with E-state index in [2.05, 4.69) is 27.2 Å². The van der Waals surface area contributed by atoms with Crippen LogP contribution in [0, 0.1) is 0 Å². The first-order chi connectivity index (χ1) is 11.1. The molecule has 7 heteroatoms. The van der Waals surface area contributed by atoms with Crippen LogP contribution < -0.4 is 5.32 Å². The molecule has 1 aliphatic heterocycles. The van der Waals surface area contributed by atoms with Crippen LogP contribution in [-0.2, 0) is 0 Å². The number of aromatic nitrogens is 2. The van der Waals surface area contributed by atoms with Crippen molar-refractivity contribution in [2.45, 2.75) is 0 Å². The van der Waals surface area contributed by atoms with Crippen molar-refractivity contribution in [3.8, 4) is 0 Å². The highest BCUT2D eigenvalue weighted by Gasteiger charge is 2.21. The van der Waals surface area contributed by atoms with E-state index in [1.807, 2.05) is 17.0 Å². The molecule has 6 nitrogen and oxygen atoms in total. The van der Waals surface area contributed by atoms with Crippen LogP contribution in [0.3, 0.4) is 0 Å². The lowest BCUT2D eigenvalue weighted by atomic mass is 10.3. The molecule has 1 saturated heterocycles. The average molecular weight is 332 g/mol. The summed E-state index contributed by atoms with van der Waals surface area (Å²) in [5.41, 5.74) is 1.23. The Kier molecular flexibility index (Phi) is 4.73. The molecule has 1 fully saturated rings. The van der Waals surface area contributed by atoms with Gasteiger partial charge in [0.1, 0.15) is 11.5 Å². The molecule has 1 amide bonds. The molecule has 0 unspecified atom stereocenters. The highest BCUT2D eigenvalue weighted by atomic mass is 35.5. The third-order valence-electron chi connectivity index (χ3n) is 3.78. The van der Waals surface area contributed by atoms with Gasteiger partial charge in [0, 0.05) is 36.9 Å². The maximum atomic E-state index is 12.4. The first kappa shape index (κ1) is 15.7. The van der Waals surface area contributed by atoms with Gasteiger partial charge in [-0.1, -0.05) is 11.6 Å². The highest BCUT2D eigenvalue weighted by Crippen LogP contribution is 2.17. The van der Waals surface area contributed by atoms with E-state index < -0.39 is 0 Å². The molecule has 0 atom stereocenters. The predicted octanol–water partition coefficient (Wildman–Crippen LogP) is 2.26. The van der Waals surface area contributed by atoms with E-state index in [1.165, 1.54) is 6.20 Å². The third-order valence-corrected chi connectivity index (χ3v) is 4.03. The number of nitrogens with one attached hydrogen (secondary N) is 1. The molecular formula is C16H18ClN5O. The number of hydrogen-bond donors (Lipinski definition) is 1. The average Bonchev–Trinajstić information content (AvgIpc) is 2.58. The second kappa shape index (κ2) is 6.93. The standard InChI is InChI=1S/C16H18ClN5O/c1-21-6-8-22(9-7-21)16(23)14-10-19-15(11-18-14)20-13-4-2-12(17)3-5-13/h2-5,10-11H,6-9H2,1H3,(H,19,20). The summed E-state index contributed by atoms with van der Waals surface area (Å²) in [4.78, 5) is 24.9. The normalized spacial score (nSPS) is 15.5. The quantitative estimate of drug-likeness (QED) is 0.934. The Balaban J connectivity index is 1.64. The molecule has 2 aromatic rings. The number of halogens is 1. The summed E-state index contributed by atoms with van der Waals surface area (Å²) < 4.78 is 0. The summed E-state index contributed by atoms with van der Waals surface area (Å²) >= 11 is 5.85. The van der Waals surface area contributed by atoms with Crippen molar-refractivity contribution in [3.05, 3.63) is 47.4 Å². The van der Waals surface area contributed by atoms with Gasteiger partial charge in [0.2, 0.25) is 0 Å². The molecule has 1 aromatic carbocycles. The van der Waals surface area contributed by atoms with Crippen LogP contribution in [0.1, 0.15) is 10.5 Å². The zero-order chi connectivity index (χ0) is 16.2. The fraction of sp³-hybridized carbons (Fsp3) is 0.312. The second-order valence-corrected chi connectivity index (χ2v) is 5.95. The molecule has 120 valence electrons. The second-order valence-electron chi connectivity index (χ2n) is 5.51. The van der Waals surface area contributed by atoms with Gasteiger partial charge in [-0.05, 0) is 31.3 Å². The number of carbonyl (C=O) groups excluding carboxylic acids is 1. The number of piperazine rings is 1. The summed E-state index contributed by atoms with van der Waals surface area (Å²) in [6, 6.07) is 7.30. The van der Waals surface area contributed by atoms with Crippen molar-refractivity contribution in [1.82, 2.24) is 19.8 Å². The van der Waals surface area contributed by atoms with Crippen LogP contribution in [-0.4, -0.2) is 58.9 Å². The lowest BCUT2D eigenvalue weighted by molar-refractivity contribution is 0.0658. The number of benzene rings is 1. The highest BCUT2D eigenvalue weighted by molar-refractivity contribution is 6.30. The maximum absolute atomic E-state index is 12.4. The molecule has 23 heavy (non-hydrogen) atoms. The number of hydrogen-bond acceptors (Lipinski definition) is 5. The summed E-state index contributed by atoms with van der Waals surface area (Å²) in [5, 5.41) is 3.79. The third kappa shape index (κ3) is 3.97. The molecule has 1 aliphatic rings. The fourth-order valence-electron chi connectivity index (χ4n) is 2.36. The number of amides is 1. The minimum Gasteiger partial charge on any atom is -0.339 e. The van der Waals surface area contributed by atoms with Gasteiger partial charge < -0.3 is 15.1 Å². The van der Waals surface area contributed by atoms with E-state index in [-0.39, 0.29) is 5.91 Å². The van der Waals surface area contributed by atoms with Crippen molar-refractivity contribution < 1.29 is 4.79 Å². The van der Waals surface area contributed by atoms with Crippen LogP contribution in [0.25, 0.3) is 0 Å². The smallest absolute Gasteiger partial charge is 0.274 e. The van der Waals surface area contributed by atoms with Crippen LogP contribution in [0.2, 0.25) is 5.02 Å². The maximum Gasteiger partial charge on any atom is 0.274 e. The molecule has 2 heterocycles. The summed E-state index contributed by atoms with van der Waals surface area (Å²) in [6.45, 7) is 3.22. The van der Waals surface area contributed by atoms with Gasteiger partial charge in [-0.15, -0.1) is 0 Å². The molecule has 3 rings (SSSR count). The fourth-order valence-corrected chi connectivity index (χ4v) is 2.48. The minimum atomic E-state index is -0.0661. The Bertz CT molecular complexity index is 666. The SMILES string of the molecule is CN1CCN(C(=O)c2cnc(Nc3ccc(Cl)cc3)cn2)CC1.